The molecular weight excluding hydrogens is 446 g/mol. The second kappa shape index (κ2) is 11.6. The predicted molar refractivity (Wildman–Crippen MR) is 137 cm³/mol. The van der Waals surface area contributed by atoms with Crippen LogP contribution in [-0.4, -0.2) is 29.6 Å². The van der Waals surface area contributed by atoms with Gasteiger partial charge in [0.25, 0.3) is 0 Å². The summed E-state index contributed by atoms with van der Waals surface area (Å²) in [6.07, 6.45) is 2.62. The van der Waals surface area contributed by atoms with Gasteiger partial charge in [-0.2, -0.15) is 0 Å². The van der Waals surface area contributed by atoms with Crippen molar-refractivity contribution in [2.75, 3.05) is 13.1 Å². The van der Waals surface area contributed by atoms with Gasteiger partial charge in [-0.15, -0.1) is 0 Å². The average molecular weight is 483 g/mol. The normalized spacial score (nSPS) is 13.5. The van der Waals surface area contributed by atoms with E-state index in [1.807, 2.05) is 42.6 Å². The van der Waals surface area contributed by atoms with Crippen LogP contribution < -0.4 is 16.4 Å². The molecule has 2 aromatic carbocycles. The lowest BCUT2D eigenvalue weighted by Gasteiger charge is -2.33. The van der Waals surface area contributed by atoms with Crippen LogP contribution in [0.15, 0.2) is 60.8 Å². The van der Waals surface area contributed by atoms with E-state index in [1.165, 1.54) is 6.07 Å². The molecule has 7 heteroatoms. The second-order valence-electron chi connectivity index (χ2n) is 10.1. The summed E-state index contributed by atoms with van der Waals surface area (Å²) in [5, 5.41) is 6.45. The number of benzene rings is 2. The molecule has 0 aliphatic heterocycles. The van der Waals surface area contributed by atoms with E-state index in [0.29, 0.717) is 25.2 Å². The van der Waals surface area contributed by atoms with Crippen LogP contribution in [-0.2, 0) is 11.3 Å². The molecule has 0 spiro atoms. The predicted octanol–water partition coefficient (Wildman–Crippen LogP) is 5.01. The van der Waals surface area contributed by atoms with Gasteiger partial charge in [0.2, 0.25) is 5.91 Å². The number of halogens is 2. The Hall–Kier alpha value is -3.03. The first-order valence-electron chi connectivity index (χ1n) is 12.0. The largest absolute Gasteiger partial charge is 0.355 e. The lowest BCUT2D eigenvalue weighted by molar-refractivity contribution is -0.121. The quantitative estimate of drug-likeness (QED) is 0.356. The fourth-order valence-electron chi connectivity index (χ4n) is 4.12. The highest BCUT2D eigenvalue weighted by Crippen LogP contribution is 2.37. The molecule has 0 radical (unpaired) electrons. The van der Waals surface area contributed by atoms with E-state index in [2.05, 4.69) is 36.0 Å². The summed E-state index contributed by atoms with van der Waals surface area (Å²) < 4.78 is 30.7. The molecule has 5 nitrogen and oxygen atoms in total. The van der Waals surface area contributed by atoms with Crippen molar-refractivity contribution in [3.63, 3.8) is 0 Å². The van der Waals surface area contributed by atoms with Gasteiger partial charge in [0, 0.05) is 36.1 Å². The molecule has 1 heterocycles. The summed E-state index contributed by atoms with van der Waals surface area (Å²) in [6, 6.07) is 14.9. The Morgan fingerprint density at radius 3 is 2.43 bits per heavy atom. The van der Waals surface area contributed by atoms with Gasteiger partial charge in [0.05, 0.1) is 12.1 Å². The van der Waals surface area contributed by atoms with Gasteiger partial charge in [0.15, 0.2) is 0 Å². The first-order valence-corrected chi connectivity index (χ1v) is 12.0. The second-order valence-corrected chi connectivity index (χ2v) is 10.1. The van der Waals surface area contributed by atoms with Crippen molar-refractivity contribution in [3.05, 3.63) is 83.7 Å². The zero-order valence-electron chi connectivity index (χ0n) is 20.9. The number of hydrogen-bond acceptors (Lipinski definition) is 3. The van der Waals surface area contributed by atoms with Gasteiger partial charge in [0.1, 0.15) is 11.6 Å². The van der Waals surface area contributed by atoms with Crippen molar-refractivity contribution < 1.29 is 13.6 Å². The summed E-state index contributed by atoms with van der Waals surface area (Å²) in [5.74, 6) is -1.10. The van der Waals surface area contributed by atoms with E-state index in [-0.39, 0.29) is 22.9 Å². The topological polar surface area (TPSA) is 72.1 Å². The SMILES string of the molecule is C[C@H](N)C(=O)NCCCN[C@@H](c1cc(-c2cc(F)ccc2F)cn1Cc1ccccc1)C(C)(C)C. The number of hydrogen-bond donors (Lipinski definition) is 3. The molecule has 0 saturated heterocycles. The minimum absolute atomic E-state index is 0.0688. The Morgan fingerprint density at radius 2 is 1.77 bits per heavy atom. The van der Waals surface area contributed by atoms with E-state index >= 15 is 0 Å². The monoisotopic (exact) mass is 482 g/mol. The molecule has 0 saturated carbocycles. The molecule has 188 valence electrons. The third-order valence-electron chi connectivity index (χ3n) is 5.94. The maximum Gasteiger partial charge on any atom is 0.236 e. The highest BCUT2D eigenvalue weighted by atomic mass is 19.1. The molecule has 3 aromatic rings. The van der Waals surface area contributed by atoms with Gasteiger partial charge in [-0.1, -0.05) is 51.1 Å². The van der Waals surface area contributed by atoms with Gasteiger partial charge < -0.3 is 20.9 Å². The van der Waals surface area contributed by atoms with Crippen molar-refractivity contribution >= 4 is 5.91 Å². The van der Waals surface area contributed by atoms with Gasteiger partial charge >= 0.3 is 0 Å². The summed E-state index contributed by atoms with van der Waals surface area (Å²) in [5.41, 5.74) is 8.41. The number of nitrogens with one attached hydrogen (secondary N) is 2. The molecule has 1 aromatic heterocycles. The van der Waals surface area contributed by atoms with Crippen LogP contribution in [0.5, 0.6) is 0 Å². The van der Waals surface area contributed by atoms with Gasteiger partial charge in [-0.05, 0) is 55.1 Å². The zero-order valence-corrected chi connectivity index (χ0v) is 20.9. The van der Waals surface area contributed by atoms with E-state index in [0.717, 1.165) is 29.8 Å². The minimum Gasteiger partial charge on any atom is -0.355 e. The lowest BCUT2D eigenvalue weighted by Crippen LogP contribution is -2.40. The highest BCUT2D eigenvalue weighted by Gasteiger charge is 2.29. The molecule has 0 aliphatic carbocycles. The van der Waals surface area contributed by atoms with Crippen molar-refractivity contribution in [3.8, 4) is 11.1 Å². The average Bonchev–Trinajstić information content (AvgIpc) is 3.20. The number of amides is 1. The molecule has 3 rings (SSSR count). The standard InChI is InChI=1S/C28H36F2N4O/c1-19(31)27(35)33-14-8-13-32-26(28(2,3)4)25-15-21(23-16-22(29)11-12-24(23)30)18-34(25)17-20-9-6-5-7-10-20/h5-7,9-12,15-16,18-19,26,32H,8,13-14,17,31H2,1-4H3,(H,33,35)/t19-,26-/m0/s1. The fraction of sp³-hybridized carbons (Fsp3) is 0.393. The smallest absolute Gasteiger partial charge is 0.236 e. The lowest BCUT2D eigenvalue weighted by atomic mass is 9.84. The van der Waals surface area contributed by atoms with E-state index < -0.39 is 17.7 Å². The fourth-order valence-corrected chi connectivity index (χ4v) is 4.12. The number of carbonyl (C=O) groups excluding carboxylic acids is 1. The van der Waals surface area contributed by atoms with E-state index in [1.54, 1.807) is 6.92 Å². The Bertz CT molecular complexity index is 1120. The molecule has 1 amide bonds. The third kappa shape index (κ3) is 7.23. The first-order chi connectivity index (χ1) is 16.6. The molecule has 0 fully saturated rings. The van der Waals surface area contributed by atoms with Crippen molar-refractivity contribution in [2.24, 2.45) is 11.1 Å². The van der Waals surface area contributed by atoms with E-state index in [4.69, 9.17) is 5.73 Å². The minimum atomic E-state index is -0.534. The Kier molecular flexibility index (Phi) is 8.81. The number of aromatic nitrogens is 1. The van der Waals surface area contributed by atoms with Gasteiger partial charge in [-0.25, -0.2) is 8.78 Å². The zero-order chi connectivity index (χ0) is 25.6. The van der Waals surface area contributed by atoms with Crippen LogP contribution in [0.4, 0.5) is 8.78 Å². The van der Waals surface area contributed by atoms with Crippen LogP contribution in [0.2, 0.25) is 0 Å². The maximum absolute atomic E-state index is 14.6. The molecule has 4 N–H and O–H groups in total. The van der Waals surface area contributed by atoms with Crippen LogP contribution >= 0.6 is 0 Å². The summed E-state index contributed by atoms with van der Waals surface area (Å²) in [6.45, 7) is 9.88. The summed E-state index contributed by atoms with van der Waals surface area (Å²) in [7, 11) is 0. The van der Waals surface area contributed by atoms with Crippen LogP contribution in [0, 0.1) is 17.0 Å². The van der Waals surface area contributed by atoms with Crippen molar-refractivity contribution in [1.29, 1.82) is 0 Å². The van der Waals surface area contributed by atoms with Crippen molar-refractivity contribution in [2.45, 2.75) is 52.7 Å². The Balaban J connectivity index is 1.90. The molecular formula is C28H36F2N4O. The van der Waals surface area contributed by atoms with Crippen LogP contribution in [0.1, 0.15) is 51.4 Å². The Morgan fingerprint density at radius 1 is 1.06 bits per heavy atom. The summed E-state index contributed by atoms with van der Waals surface area (Å²) in [4.78, 5) is 11.7. The highest BCUT2D eigenvalue weighted by molar-refractivity contribution is 5.80. The number of nitrogens with zero attached hydrogens (tertiary/aromatic N) is 1. The van der Waals surface area contributed by atoms with E-state index in [9.17, 15) is 13.6 Å². The first kappa shape index (κ1) is 26.6. The third-order valence-corrected chi connectivity index (χ3v) is 5.94. The number of nitrogens with two attached hydrogens (primary N) is 1. The van der Waals surface area contributed by atoms with Crippen molar-refractivity contribution in [1.82, 2.24) is 15.2 Å². The maximum atomic E-state index is 14.6. The summed E-state index contributed by atoms with van der Waals surface area (Å²) >= 11 is 0. The number of carbonyl (C=O) groups is 1. The number of rotatable bonds is 10. The molecule has 0 bridgehead atoms. The molecule has 2 atom stereocenters. The molecule has 35 heavy (non-hydrogen) atoms. The Labute approximate surface area is 206 Å². The van der Waals surface area contributed by atoms with Gasteiger partial charge in [-0.3, -0.25) is 4.79 Å². The molecule has 0 unspecified atom stereocenters. The molecule has 0 aliphatic rings. The van der Waals surface area contributed by atoms with Crippen LogP contribution in [0.25, 0.3) is 11.1 Å². The van der Waals surface area contributed by atoms with Crippen LogP contribution in [0.3, 0.4) is 0 Å².